The molecule has 4 atom stereocenters. The zero-order valence-electron chi connectivity index (χ0n) is 21.5. The molecule has 3 aliphatic heterocycles. The molecule has 3 heterocycles. The van der Waals surface area contributed by atoms with Crippen LogP contribution in [0, 0.1) is 5.92 Å². The van der Waals surface area contributed by atoms with Crippen LogP contribution in [-0.4, -0.2) is 49.0 Å². The summed E-state index contributed by atoms with van der Waals surface area (Å²) in [5.41, 5.74) is 9.81. The summed E-state index contributed by atoms with van der Waals surface area (Å²) in [7, 11) is 2.03. The Balaban J connectivity index is 1.29. The van der Waals surface area contributed by atoms with Crippen LogP contribution in [0.5, 0.6) is 0 Å². The summed E-state index contributed by atoms with van der Waals surface area (Å²) in [6.07, 6.45) is 4.13. The Kier molecular flexibility index (Phi) is 6.81. The maximum atomic E-state index is 14.3. The van der Waals surface area contributed by atoms with Gasteiger partial charge in [-0.15, -0.1) is 0 Å². The molecule has 3 aromatic rings. The van der Waals surface area contributed by atoms with Crippen LogP contribution in [0.4, 0.5) is 0 Å². The van der Waals surface area contributed by atoms with Crippen LogP contribution in [0.15, 0.2) is 91.1 Å². The molecule has 2 N–H and O–H groups in total. The molecule has 1 amide bonds. The van der Waals surface area contributed by atoms with E-state index in [1.807, 2.05) is 12.1 Å². The minimum atomic E-state index is -0.0617. The second kappa shape index (κ2) is 10.5. The van der Waals surface area contributed by atoms with Crippen LogP contribution in [0.25, 0.3) is 5.57 Å². The molecule has 2 fully saturated rings. The molecule has 3 aliphatic rings. The molecular formula is C32H36N4O. The van der Waals surface area contributed by atoms with Gasteiger partial charge < -0.3 is 15.2 Å². The molecule has 2 saturated heterocycles. The third kappa shape index (κ3) is 4.81. The first-order chi connectivity index (χ1) is 18.2. The highest BCUT2D eigenvalue weighted by atomic mass is 16.2. The number of nitrogens with zero attached hydrogens (tertiary/aromatic N) is 2. The molecule has 0 bridgehead atoms. The molecule has 37 heavy (non-hydrogen) atoms. The molecule has 0 radical (unpaired) electrons. The number of rotatable bonds is 5. The van der Waals surface area contributed by atoms with Crippen LogP contribution in [0.1, 0.15) is 53.0 Å². The Morgan fingerprint density at radius 2 is 1.57 bits per heavy atom. The first kappa shape index (κ1) is 24.0. The summed E-state index contributed by atoms with van der Waals surface area (Å²) in [6, 6.07) is 30.2. The lowest BCUT2D eigenvalue weighted by Crippen LogP contribution is -2.45. The van der Waals surface area contributed by atoms with E-state index in [0.29, 0.717) is 11.8 Å². The van der Waals surface area contributed by atoms with E-state index in [2.05, 4.69) is 107 Å². The summed E-state index contributed by atoms with van der Waals surface area (Å²) >= 11 is 0. The highest BCUT2D eigenvalue weighted by Gasteiger charge is 2.41. The number of piperidine rings is 1. The Hall–Kier alpha value is -3.41. The van der Waals surface area contributed by atoms with Crippen molar-refractivity contribution in [3.8, 4) is 0 Å². The lowest BCUT2D eigenvalue weighted by atomic mass is 9.80. The number of amides is 1. The summed E-state index contributed by atoms with van der Waals surface area (Å²) in [6.45, 7) is 3.17. The standard InChI is InChI=1S/C32H36N4O/c1-35-22-26(19-34-35)27-14-8-9-15-28(27)29-20-33-21-30(29)32(37)36-17-16-25(23-10-4-2-5-11-23)18-31(36)24-12-6-3-7-13-24/h2-15,22,25,29-31,33-34H,16-21H2,1H3/t25-,29-,30+,31+/m0/s1. The molecule has 6 rings (SSSR count). The molecule has 0 unspecified atom stereocenters. The van der Waals surface area contributed by atoms with Gasteiger partial charge in [0, 0.05) is 45.3 Å². The normalized spacial score (nSPS) is 25.8. The van der Waals surface area contributed by atoms with Gasteiger partial charge in [0.25, 0.3) is 0 Å². The molecule has 0 aromatic heterocycles. The molecule has 5 heteroatoms. The average Bonchev–Trinajstić information content (AvgIpc) is 3.63. The zero-order valence-corrected chi connectivity index (χ0v) is 21.5. The number of carbonyl (C=O) groups excluding carboxylic acids is 1. The van der Waals surface area contributed by atoms with Gasteiger partial charge in [0.1, 0.15) is 0 Å². The van der Waals surface area contributed by atoms with E-state index < -0.39 is 0 Å². The fourth-order valence-electron chi connectivity index (χ4n) is 6.54. The van der Waals surface area contributed by atoms with Crippen molar-refractivity contribution < 1.29 is 4.79 Å². The number of hydrazine groups is 1. The average molecular weight is 493 g/mol. The molecule has 0 aliphatic carbocycles. The topological polar surface area (TPSA) is 47.6 Å². The van der Waals surface area contributed by atoms with E-state index in [1.54, 1.807) is 0 Å². The second-order valence-corrected chi connectivity index (χ2v) is 10.6. The number of benzene rings is 3. The van der Waals surface area contributed by atoms with Gasteiger partial charge in [0.15, 0.2) is 0 Å². The van der Waals surface area contributed by atoms with Gasteiger partial charge in [-0.1, -0.05) is 84.9 Å². The summed E-state index contributed by atoms with van der Waals surface area (Å²) in [4.78, 5) is 16.5. The maximum absolute atomic E-state index is 14.3. The largest absolute Gasteiger partial charge is 0.335 e. The van der Waals surface area contributed by atoms with Crippen LogP contribution in [0.3, 0.4) is 0 Å². The van der Waals surface area contributed by atoms with Gasteiger partial charge in [-0.3, -0.25) is 4.79 Å². The summed E-state index contributed by atoms with van der Waals surface area (Å²) in [5, 5.41) is 5.58. The van der Waals surface area contributed by atoms with E-state index in [1.165, 1.54) is 27.8 Å². The molecule has 3 aromatic carbocycles. The minimum absolute atomic E-state index is 0.0617. The smallest absolute Gasteiger partial charge is 0.228 e. The van der Waals surface area contributed by atoms with Crippen LogP contribution in [0.2, 0.25) is 0 Å². The minimum Gasteiger partial charge on any atom is -0.335 e. The van der Waals surface area contributed by atoms with E-state index >= 15 is 0 Å². The first-order valence-electron chi connectivity index (χ1n) is 13.6. The Labute approximate surface area is 220 Å². The lowest BCUT2D eigenvalue weighted by molar-refractivity contribution is -0.139. The quantitative estimate of drug-likeness (QED) is 0.530. The van der Waals surface area contributed by atoms with E-state index in [9.17, 15) is 4.79 Å². The van der Waals surface area contributed by atoms with Gasteiger partial charge in [-0.05, 0) is 46.6 Å². The van der Waals surface area contributed by atoms with Crippen molar-refractivity contribution in [2.24, 2.45) is 5.92 Å². The van der Waals surface area contributed by atoms with Crippen molar-refractivity contribution in [2.75, 3.05) is 33.2 Å². The third-order valence-corrected chi connectivity index (χ3v) is 8.45. The molecule has 190 valence electrons. The zero-order chi connectivity index (χ0) is 25.2. The van der Waals surface area contributed by atoms with Crippen molar-refractivity contribution in [3.63, 3.8) is 0 Å². The van der Waals surface area contributed by atoms with E-state index in [4.69, 9.17) is 0 Å². The van der Waals surface area contributed by atoms with Gasteiger partial charge in [-0.2, -0.15) is 0 Å². The SMILES string of the molecule is CN1C=C(c2ccccc2[C@@H]2CNC[C@H]2C(=O)N2CC[C@H](c3ccccc3)C[C@@H]2c2ccccc2)CN1. The van der Waals surface area contributed by atoms with Crippen molar-refractivity contribution in [2.45, 2.75) is 30.7 Å². The molecule has 0 spiro atoms. The summed E-state index contributed by atoms with van der Waals surface area (Å²) in [5.74, 6) is 0.861. The Morgan fingerprint density at radius 3 is 2.30 bits per heavy atom. The number of nitrogens with one attached hydrogen (secondary N) is 2. The van der Waals surface area contributed by atoms with Crippen LogP contribution >= 0.6 is 0 Å². The predicted octanol–water partition coefficient (Wildman–Crippen LogP) is 4.93. The molecule has 0 saturated carbocycles. The summed E-state index contributed by atoms with van der Waals surface area (Å²) < 4.78 is 0. The lowest BCUT2D eigenvalue weighted by Gasteiger charge is -2.42. The van der Waals surface area contributed by atoms with Gasteiger partial charge in [0.05, 0.1) is 12.0 Å². The van der Waals surface area contributed by atoms with Crippen molar-refractivity contribution >= 4 is 11.5 Å². The van der Waals surface area contributed by atoms with Crippen molar-refractivity contribution in [3.05, 3.63) is 113 Å². The number of hydrogen-bond donors (Lipinski definition) is 2. The van der Waals surface area contributed by atoms with Crippen molar-refractivity contribution in [1.82, 2.24) is 20.7 Å². The third-order valence-electron chi connectivity index (χ3n) is 8.45. The maximum Gasteiger partial charge on any atom is 0.228 e. The van der Waals surface area contributed by atoms with Gasteiger partial charge in [0.2, 0.25) is 5.91 Å². The number of hydrogen-bond acceptors (Lipinski definition) is 4. The van der Waals surface area contributed by atoms with Crippen LogP contribution in [-0.2, 0) is 4.79 Å². The Bertz CT molecular complexity index is 1260. The highest BCUT2D eigenvalue weighted by molar-refractivity contribution is 5.82. The predicted molar refractivity (Wildman–Crippen MR) is 149 cm³/mol. The van der Waals surface area contributed by atoms with Gasteiger partial charge in [-0.25, -0.2) is 5.43 Å². The monoisotopic (exact) mass is 492 g/mol. The van der Waals surface area contributed by atoms with E-state index in [0.717, 1.165) is 39.0 Å². The van der Waals surface area contributed by atoms with Crippen molar-refractivity contribution in [1.29, 1.82) is 0 Å². The fourth-order valence-corrected chi connectivity index (χ4v) is 6.54. The second-order valence-electron chi connectivity index (χ2n) is 10.6. The molecule has 5 nitrogen and oxygen atoms in total. The van der Waals surface area contributed by atoms with E-state index in [-0.39, 0.29) is 17.9 Å². The Morgan fingerprint density at radius 1 is 0.865 bits per heavy atom. The first-order valence-corrected chi connectivity index (χ1v) is 13.6. The number of likely N-dealkylation sites (tertiary alicyclic amines) is 1. The number of carbonyl (C=O) groups is 1. The van der Waals surface area contributed by atoms with Gasteiger partial charge >= 0.3 is 0 Å². The fraction of sp³-hybridized carbons (Fsp3) is 0.344. The molecular weight excluding hydrogens is 456 g/mol. The highest BCUT2D eigenvalue weighted by Crippen LogP contribution is 2.42. The van der Waals surface area contributed by atoms with Crippen LogP contribution < -0.4 is 10.7 Å².